The first-order chi connectivity index (χ1) is 8.27. The van der Waals surface area contributed by atoms with Crippen LogP contribution in [0.2, 0.25) is 0 Å². The number of hydrogen-bond donors (Lipinski definition) is 1. The van der Waals surface area contributed by atoms with Crippen molar-refractivity contribution in [3.63, 3.8) is 0 Å². The van der Waals surface area contributed by atoms with Gasteiger partial charge in [-0.25, -0.2) is 0 Å². The number of amides is 1. The summed E-state index contributed by atoms with van der Waals surface area (Å²) in [4.78, 5) is 10.9. The summed E-state index contributed by atoms with van der Waals surface area (Å²) in [5, 5.41) is 2.54. The van der Waals surface area contributed by atoms with E-state index >= 15 is 0 Å². The minimum atomic E-state index is -0.0411. The number of rotatable bonds is 2. The summed E-state index contributed by atoms with van der Waals surface area (Å²) >= 11 is 0. The summed E-state index contributed by atoms with van der Waals surface area (Å²) in [6.07, 6.45) is 4.44. The molecule has 0 aliphatic heterocycles. The minimum Gasteiger partial charge on any atom is -0.355 e. The Kier molecular flexibility index (Phi) is 9.12. The Morgan fingerprint density at radius 3 is 2.06 bits per heavy atom. The van der Waals surface area contributed by atoms with Gasteiger partial charge in [0.25, 0.3) is 5.91 Å². The van der Waals surface area contributed by atoms with Crippen LogP contribution in [0.5, 0.6) is 0 Å². The fourth-order valence-corrected chi connectivity index (χ4v) is 1.26. The van der Waals surface area contributed by atoms with Gasteiger partial charge >= 0.3 is 0 Å². The first-order valence-corrected chi connectivity index (χ1v) is 6.55. The monoisotopic (exact) mass is 235 g/mol. The van der Waals surface area contributed by atoms with Crippen molar-refractivity contribution >= 4 is 5.91 Å². The van der Waals surface area contributed by atoms with Crippen molar-refractivity contribution in [3.05, 3.63) is 35.9 Å². The highest BCUT2D eigenvalue weighted by Gasteiger charge is 2.17. The number of nitrogens with one attached hydrogen (secondary N) is 1. The quantitative estimate of drug-likeness (QED) is 0.828. The zero-order chi connectivity index (χ0) is 13.1. The van der Waals surface area contributed by atoms with E-state index in [9.17, 15) is 4.79 Å². The van der Waals surface area contributed by atoms with Gasteiger partial charge in [-0.3, -0.25) is 4.79 Å². The molecule has 0 aromatic heterocycles. The molecule has 1 N–H and O–H groups in total. The highest BCUT2D eigenvalue weighted by molar-refractivity contribution is 5.93. The molecule has 1 aromatic carbocycles. The maximum atomic E-state index is 10.9. The Bertz CT molecular complexity index is 291. The van der Waals surface area contributed by atoms with Gasteiger partial charge in [0, 0.05) is 12.6 Å². The lowest BCUT2D eigenvalue weighted by Gasteiger charge is -1.96. The highest BCUT2D eigenvalue weighted by atomic mass is 16.1. The normalized spacial score (nSPS) is 12.5. The van der Waals surface area contributed by atoms with Gasteiger partial charge in [-0.15, -0.1) is 0 Å². The van der Waals surface area contributed by atoms with Crippen LogP contribution in [-0.2, 0) is 0 Å². The molecule has 0 unspecified atom stereocenters. The smallest absolute Gasteiger partial charge is 0.251 e. The Morgan fingerprint density at radius 2 is 1.76 bits per heavy atom. The van der Waals surface area contributed by atoms with Crippen molar-refractivity contribution in [1.29, 1.82) is 0 Å². The van der Waals surface area contributed by atoms with Gasteiger partial charge in [-0.2, -0.15) is 0 Å². The highest BCUT2D eigenvalue weighted by Crippen LogP contribution is 2.31. The lowest BCUT2D eigenvalue weighted by molar-refractivity contribution is 0.0963. The molecule has 0 saturated heterocycles. The molecule has 1 saturated carbocycles. The van der Waals surface area contributed by atoms with Crippen LogP contribution in [0.15, 0.2) is 30.3 Å². The van der Waals surface area contributed by atoms with E-state index in [2.05, 4.69) is 12.2 Å². The van der Waals surface area contributed by atoms with E-state index in [0.717, 1.165) is 5.92 Å². The molecule has 1 aliphatic rings. The Balaban J connectivity index is 0.000000306. The van der Waals surface area contributed by atoms with Gasteiger partial charge in [0.05, 0.1) is 0 Å². The van der Waals surface area contributed by atoms with Gasteiger partial charge < -0.3 is 5.32 Å². The largest absolute Gasteiger partial charge is 0.355 e. The molecule has 0 radical (unpaired) electrons. The van der Waals surface area contributed by atoms with Gasteiger partial charge in [0.1, 0.15) is 0 Å². The molecule has 0 atom stereocenters. The molecule has 2 heteroatoms. The third-order valence-corrected chi connectivity index (χ3v) is 2.54. The third kappa shape index (κ3) is 7.56. The fraction of sp³-hybridized carbons (Fsp3) is 0.533. The van der Waals surface area contributed by atoms with E-state index in [4.69, 9.17) is 0 Å². The minimum absolute atomic E-state index is 0.0411. The summed E-state index contributed by atoms with van der Waals surface area (Å²) in [5.41, 5.74) is 0.699. The molecular formula is C15H25NO. The molecule has 0 bridgehead atoms. The van der Waals surface area contributed by atoms with Gasteiger partial charge in [0.15, 0.2) is 0 Å². The van der Waals surface area contributed by atoms with E-state index in [0.29, 0.717) is 5.56 Å². The van der Waals surface area contributed by atoms with Crippen LogP contribution in [0.3, 0.4) is 0 Å². The van der Waals surface area contributed by atoms with Crippen molar-refractivity contribution in [1.82, 2.24) is 5.32 Å². The molecular weight excluding hydrogens is 210 g/mol. The Morgan fingerprint density at radius 1 is 1.24 bits per heavy atom. The van der Waals surface area contributed by atoms with Crippen LogP contribution in [0, 0.1) is 5.92 Å². The average Bonchev–Trinajstić information content (AvgIpc) is 3.26. The summed E-state index contributed by atoms with van der Waals surface area (Å²) in [6.45, 7) is 6.26. The zero-order valence-electron chi connectivity index (χ0n) is 11.5. The van der Waals surface area contributed by atoms with E-state index in [1.165, 1.54) is 19.3 Å². The number of carbonyl (C=O) groups is 1. The molecule has 2 rings (SSSR count). The van der Waals surface area contributed by atoms with Crippen molar-refractivity contribution in [2.24, 2.45) is 5.92 Å². The number of hydrogen-bond acceptors (Lipinski definition) is 1. The number of carbonyl (C=O) groups excluding carboxylic acids is 1. The van der Waals surface area contributed by atoms with Crippen LogP contribution in [0.4, 0.5) is 0 Å². The third-order valence-electron chi connectivity index (χ3n) is 2.54. The van der Waals surface area contributed by atoms with E-state index < -0.39 is 0 Å². The lowest BCUT2D eigenvalue weighted by Crippen LogP contribution is -2.17. The van der Waals surface area contributed by atoms with Crippen LogP contribution < -0.4 is 5.32 Å². The average molecular weight is 235 g/mol. The molecule has 1 aromatic rings. The zero-order valence-corrected chi connectivity index (χ0v) is 11.5. The standard InChI is InChI=1S/C8H9NO.C5H10.C2H6/c1-9-8(10)7-5-3-2-4-6-7;1-2-5-3-4-5;1-2/h2-6H,1H3,(H,9,10);5H,2-4H2,1H3;1-2H3. The Hall–Kier alpha value is -1.31. The topological polar surface area (TPSA) is 29.1 Å². The molecule has 1 amide bonds. The summed E-state index contributed by atoms with van der Waals surface area (Å²) < 4.78 is 0. The van der Waals surface area contributed by atoms with Crippen molar-refractivity contribution in [2.45, 2.75) is 40.0 Å². The van der Waals surface area contributed by atoms with E-state index in [1.807, 2.05) is 32.0 Å². The lowest BCUT2D eigenvalue weighted by atomic mass is 10.2. The first-order valence-electron chi connectivity index (χ1n) is 6.55. The molecule has 0 heterocycles. The van der Waals surface area contributed by atoms with Crippen LogP contribution in [0.25, 0.3) is 0 Å². The first kappa shape index (κ1) is 15.7. The van der Waals surface area contributed by atoms with Crippen LogP contribution in [0.1, 0.15) is 50.4 Å². The molecule has 96 valence electrons. The maximum Gasteiger partial charge on any atom is 0.251 e. The maximum absolute atomic E-state index is 10.9. The van der Waals surface area contributed by atoms with Crippen molar-refractivity contribution in [2.75, 3.05) is 7.05 Å². The van der Waals surface area contributed by atoms with Gasteiger partial charge in [-0.1, -0.05) is 58.2 Å². The van der Waals surface area contributed by atoms with Crippen molar-refractivity contribution < 1.29 is 4.79 Å². The van der Waals surface area contributed by atoms with Crippen molar-refractivity contribution in [3.8, 4) is 0 Å². The molecule has 0 spiro atoms. The van der Waals surface area contributed by atoms with Gasteiger partial charge in [-0.05, 0) is 18.1 Å². The summed E-state index contributed by atoms with van der Waals surface area (Å²) in [6, 6.07) is 9.11. The fourth-order valence-electron chi connectivity index (χ4n) is 1.26. The molecule has 2 nitrogen and oxygen atoms in total. The molecule has 1 aliphatic carbocycles. The van der Waals surface area contributed by atoms with Gasteiger partial charge in [0.2, 0.25) is 0 Å². The number of benzene rings is 1. The van der Waals surface area contributed by atoms with Crippen LogP contribution in [-0.4, -0.2) is 13.0 Å². The molecule has 17 heavy (non-hydrogen) atoms. The SMILES string of the molecule is CC.CCC1CC1.CNC(=O)c1ccccc1. The predicted octanol–water partition coefficient (Wildman–Crippen LogP) is 3.88. The molecule has 1 fully saturated rings. The Labute approximate surface area is 105 Å². The summed E-state index contributed by atoms with van der Waals surface area (Å²) in [5.74, 6) is 1.09. The second kappa shape index (κ2) is 9.88. The predicted molar refractivity (Wildman–Crippen MR) is 74.2 cm³/mol. The van der Waals surface area contributed by atoms with E-state index in [-0.39, 0.29) is 5.91 Å². The second-order valence-electron chi connectivity index (χ2n) is 3.80. The van der Waals surface area contributed by atoms with E-state index in [1.54, 1.807) is 19.2 Å². The second-order valence-corrected chi connectivity index (χ2v) is 3.80. The summed E-state index contributed by atoms with van der Waals surface area (Å²) in [7, 11) is 1.62. The van der Waals surface area contributed by atoms with Crippen LogP contribution >= 0.6 is 0 Å².